The maximum atomic E-state index is 13.5. The van der Waals surface area contributed by atoms with Gasteiger partial charge in [-0.05, 0) is 42.1 Å². The Bertz CT molecular complexity index is 694. The molecule has 0 bridgehead atoms. The van der Waals surface area contributed by atoms with Crippen LogP contribution in [0.2, 0.25) is 0 Å². The molecule has 0 N–H and O–H groups in total. The van der Waals surface area contributed by atoms with Gasteiger partial charge in [-0.3, -0.25) is 4.79 Å². The van der Waals surface area contributed by atoms with Gasteiger partial charge >= 0.3 is 0 Å². The molecule has 1 aromatic heterocycles. The van der Waals surface area contributed by atoms with Crippen LogP contribution >= 0.6 is 11.3 Å². The van der Waals surface area contributed by atoms with Crippen LogP contribution in [0.1, 0.15) is 20.8 Å². The van der Waals surface area contributed by atoms with Crippen molar-refractivity contribution in [1.82, 2.24) is 0 Å². The van der Waals surface area contributed by atoms with Crippen LogP contribution in [-0.2, 0) is 0 Å². The van der Waals surface area contributed by atoms with E-state index in [1.807, 2.05) is 24.4 Å². The second-order valence-corrected chi connectivity index (χ2v) is 4.89. The molecule has 0 unspecified atom stereocenters. The topological polar surface area (TPSA) is 40.9 Å². The third kappa shape index (κ3) is 2.78. The smallest absolute Gasteiger partial charge is 0.206 e. The summed E-state index contributed by atoms with van der Waals surface area (Å²) in [6, 6.07) is 9.41. The van der Waals surface area contributed by atoms with Gasteiger partial charge in [-0.25, -0.2) is 4.39 Å². The van der Waals surface area contributed by atoms with Gasteiger partial charge in [-0.2, -0.15) is 5.26 Å². The highest BCUT2D eigenvalue weighted by Crippen LogP contribution is 2.21. The van der Waals surface area contributed by atoms with Crippen molar-refractivity contribution in [2.45, 2.75) is 6.92 Å². The first-order chi connectivity index (χ1) is 9.13. The zero-order valence-electron chi connectivity index (χ0n) is 10.2. The molecule has 4 heteroatoms. The molecule has 0 saturated heterocycles. The second kappa shape index (κ2) is 5.59. The number of halogens is 1. The molecule has 0 saturated carbocycles. The van der Waals surface area contributed by atoms with Crippen molar-refractivity contribution in [2.75, 3.05) is 0 Å². The number of thiophene rings is 1. The summed E-state index contributed by atoms with van der Waals surface area (Å²) in [5.41, 5.74) is 0.847. The van der Waals surface area contributed by atoms with Crippen molar-refractivity contribution in [3.05, 3.63) is 63.1 Å². The summed E-state index contributed by atoms with van der Waals surface area (Å²) in [7, 11) is 0. The molecule has 0 fully saturated rings. The third-order valence-corrected chi connectivity index (χ3v) is 3.63. The Morgan fingerprint density at radius 1 is 1.37 bits per heavy atom. The minimum absolute atomic E-state index is 0.0596. The van der Waals surface area contributed by atoms with E-state index in [0.717, 1.165) is 10.4 Å². The lowest BCUT2D eigenvalue weighted by Crippen LogP contribution is -2.04. The minimum atomic E-state index is -0.614. The van der Waals surface area contributed by atoms with Gasteiger partial charge in [-0.1, -0.05) is 12.1 Å². The molecule has 2 aromatic rings. The van der Waals surface area contributed by atoms with Crippen molar-refractivity contribution < 1.29 is 9.18 Å². The molecule has 0 spiro atoms. The molecule has 2 nitrogen and oxygen atoms in total. The SMILES string of the molecule is Cc1ccsc1/C=C(\C#N)C(=O)c1ccccc1F. The Labute approximate surface area is 114 Å². The lowest BCUT2D eigenvalue weighted by molar-refractivity contribution is 0.103. The van der Waals surface area contributed by atoms with Crippen LogP contribution in [0.25, 0.3) is 6.08 Å². The molecule has 0 amide bonds. The summed E-state index contributed by atoms with van der Waals surface area (Å²) in [4.78, 5) is 12.9. The van der Waals surface area contributed by atoms with Gasteiger partial charge in [-0.15, -0.1) is 11.3 Å². The molecular formula is C15H10FNOS. The zero-order chi connectivity index (χ0) is 13.8. The average molecular weight is 271 g/mol. The van der Waals surface area contributed by atoms with E-state index < -0.39 is 11.6 Å². The zero-order valence-corrected chi connectivity index (χ0v) is 11.0. The van der Waals surface area contributed by atoms with Crippen LogP contribution in [0.5, 0.6) is 0 Å². The Morgan fingerprint density at radius 3 is 2.68 bits per heavy atom. The molecule has 2 rings (SSSR count). The van der Waals surface area contributed by atoms with E-state index >= 15 is 0 Å². The largest absolute Gasteiger partial charge is 0.288 e. The monoisotopic (exact) mass is 271 g/mol. The fourth-order valence-electron chi connectivity index (χ4n) is 1.60. The fourth-order valence-corrected chi connectivity index (χ4v) is 2.46. The molecule has 0 aliphatic heterocycles. The first-order valence-electron chi connectivity index (χ1n) is 5.58. The van der Waals surface area contributed by atoms with Gasteiger partial charge in [0.05, 0.1) is 5.56 Å². The number of hydrogen-bond donors (Lipinski definition) is 0. The van der Waals surface area contributed by atoms with Crippen molar-refractivity contribution >= 4 is 23.2 Å². The molecule has 0 aliphatic carbocycles. The van der Waals surface area contributed by atoms with Crippen LogP contribution in [0, 0.1) is 24.1 Å². The number of nitrogens with zero attached hydrogens (tertiary/aromatic N) is 1. The number of nitriles is 1. The highest BCUT2D eigenvalue weighted by Gasteiger charge is 2.16. The predicted molar refractivity (Wildman–Crippen MR) is 73.4 cm³/mol. The summed E-state index contributed by atoms with van der Waals surface area (Å²) in [6.45, 7) is 1.89. The van der Waals surface area contributed by atoms with E-state index in [-0.39, 0.29) is 11.1 Å². The van der Waals surface area contributed by atoms with Gasteiger partial charge in [0.15, 0.2) is 0 Å². The Hall–Kier alpha value is -2.25. The summed E-state index contributed by atoms with van der Waals surface area (Å²) >= 11 is 1.44. The van der Waals surface area contributed by atoms with E-state index in [2.05, 4.69) is 0 Å². The number of Topliss-reactive ketones (excluding diaryl/α,β-unsaturated/α-hetero) is 1. The molecule has 0 atom stereocenters. The highest BCUT2D eigenvalue weighted by molar-refractivity contribution is 7.11. The maximum absolute atomic E-state index is 13.5. The van der Waals surface area contributed by atoms with E-state index in [4.69, 9.17) is 5.26 Å². The molecule has 1 heterocycles. The molecule has 19 heavy (non-hydrogen) atoms. The first kappa shape index (κ1) is 13.2. The van der Waals surface area contributed by atoms with Gasteiger partial charge in [0.2, 0.25) is 5.78 Å². The van der Waals surface area contributed by atoms with Gasteiger partial charge in [0.25, 0.3) is 0 Å². The number of hydrogen-bond acceptors (Lipinski definition) is 3. The van der Waals surface area contributed by atoms with Crippen molar-refractivity contribution in [1.29, 1.82) is 5.26 Å². The number of aryl methyl sites for hydroxylation is 1. The molecule has 0 aliphatic rings. The molecular weight excluding hydrogens is 261 g/mol. The second-order valence-electron chi connectivity index (χ2n) is 3.95. The van der Waals surface area contributed by atoms with E-state index in [1.165, 1.54) is 35.6 Å². The van der Waals surface area contributed by atoms with Gasteiger partial charge < -0.3 is 0 Å². The minimum Gasteiger partial charge on any atom is -0.288 e. The third-order valence-electron chi connectivity index (χ3n) is 2.66. The summed E-state index contributed by atoms with van der Waals surface area (Å²) in [5, 5.41) is 11.0. The Morgan fingerprint density at radius 2 is 2.11 bits per heavy atom. The normalized spacial score (nSPS) is 11.1. The lowest BCUT2D eigenvalue weighted by atomic mass is 10.0. The standard InChI is InChI=1S/C15H10FNOS/c1-10-6-7-19-14(10)8-11(9-17)15(18)12-4-2-3-5-13(12)16/h2-8H,1H3/b11-8+. The van der Waals surface area contributed by atoms with Gasteiger partial charge in [0.1, 0.15) is 17.5 Å². The fraction of sp³-hybridized carbons (Fsp3) is 0.0667. The number of allylic oxidation sites excluding steroid dienone is 1. The van der Waals surface area contributed by atoms with Crippen LogP contribution < -0.4 is 0 Å². The van der Waals surface area contributed by atoms with Crippen molar-refractivity contribution in [3.63, 3.8) is 0 Å². The average Bonchev–Trinajstić information content (AvgIpc) is 2.81. The van der Waals surface area contributed by atoms with E-state index in [1.54, 1.807) is 6.07 Å². The summed E-state index contributed by atoms with van der Waals surface area (Å²) in [5.74, 6) is -1.20. The van der Waals surface area contributed by atoms with Crippen LogP contribution in [0.15, 0.2) is 41.3 Å². The first-order valence-corrected chi connectivity index (χ1v) is 6.46. The van der Waals surface area contributed by atoms with Crippen LogP contribution in [-0.4, -0.2) is 5.78 Å². The van der Waals surface area contributed by atoms with Crippen molar-refractivity contribution in [2.24, 2.45) is 0 Å². The van der Waals surface area contributed by atoms with Crippen molar-refractivity contribution in [3.8, 4) is 6.07 Å². The number of carbonyl (C=O) groups excluding carboxylic acids is 1. The number of rotatable bonds is 3. The highest BCUT2D eigenvalue weighted by atomic mass is 32.1. The Balaban J connectivity index is 2.42. The predicted octanol–water partition coefficient (Wildman–Crippen LogP) is 3.99. The van der Waals surface area contributed by atoms with E-state index in [0.29, 0.717) is 0 Å². The quantitative estimate of drug-likeness (QED) is 0.481. The maximum Gasteiger partial charge on any atom is 0.206 e. The van der Waals surface area contributed by atoms with E-state index in [9.17, 15) is 9.18 Å². The molecule has 1 aromatic carbocycles. The van der Waals surface area contributed by atoms with Crippen LogP contribution in [0.3, 0.4) is 0 Å². The molecule has 94 valence electrons. The Kier molecular flexibility index (Phi) is 3.88. The summed E-state index contributed by atoms with van der Waals surface area (Å²) < 4.78 is 13.5. The summed E-state index contributed by atoms with van der Waals surface area (Å²) in [6.07, 6.45) is 1.51. The lowest BCUT2D eigenvalue weighted by Gasteiger charge is -2.00. The van der Waals surface area contributed by atoms with Crippen LogP contribution in [0.4, 0.5) is 4.39 Å². The van der Waals surface area contributed by atoms with Gasteiger partial charge in [0, 0.05) is 4.88 Å². The molecule has 0 radical (unpaired) electrons. The number of carbonyl (C=O) groups is 1. The number of benzene rings is 1. The number of ketones is 1.